The van der Waals surface area contributed by atoms with Gasteiger partial charge < -0.3 is 14.8 Å². The lowest BCUT2D eigenvalue weighted by Crippen LogP contribution is -2.62. The van der Waals surface area contributed by atoms with Crippen LogP contribution in [0, 0.1) is 5.41 Å². The fourth-order valence-electron chi connectivity index (χ4n) is 4.01. The number of ether oxygens (including phenoxy) is 2. The predicted octanol–water partition coefficient (Wildman–Crippen LogP) is 4.09. The van der Waals surface area contributed by atoms with Crippen LogP contribution in [0.2, 0.25) is 0 Å². The topological polar surface area (TPSA) is 93.6 Å². The van der Waals surface area contributed by atoms with Crippen molar-refractivity contribution in [1.82, 2.24) is 15.3 Å². The summed E-state index contributed by atoms with van der Waals surface area (Å²) in [6.07, 6.45) is -0.685. The van der Waals surface area contributed by atoms with Crippen LogP contribution in [-0.4, -0.2) is 53.0 Å². The molecular weight excluding hydrogens is 508 g/mol. The van der Waals surface area contributed by atoms with Crippen molar-refractivity contribution in [3.05, 3.63) is 48.5 Å². The van der Waals surface area contributed by atoms with Gasteiger partial charge in [-0.2, -0.15) is 0 Å². The van der Waals surface area contributed by atoms with Gasteiger partial charge in [0.25, 0.3) is 17.4 Å². The van der Waals surface area contributed by atoms with Gasteiger partial charge in [-0.05, 0) is 37.6 Å². The molecule has 0 saturated carbocycles. The van der Waals surface area contributed by atoms with Crippen molar-refractivity contribution in [2.75, 3.05) is 18.1 Å². The lowest BCUT2D eigenvalue weighted by Gasteiger charge is -2.44. The Balaban J connectivity index is 2.10. The summed E-state index contributed by atoms with van der Waals surface area (Å²) in [4.78, 5) is 35.6. The predicted molar refractivity (Wildman–Crippen MR) is 122 cm³/mol. The maximum absolute atomic E-state index is 14.2. The highest BCUT2D eigenvalue weighted by Crippen LogP contribution is 2.37. The summed E-state index contributed by atoms with van der Waals surface area (Å²) in [7, 11) is 0. The molecule has 2 heterocycles. The fourth-order valence-corrected chi connectivity index (χ4v) is 4.10. The zero-order valence-electron chi connectivity index (χ0n) is 19.7. The Morgan fingerprint density at radius 2 is 1.83 bits per heavy atom. The first-order chi connectivity index (χ1) is 16.8. The first kappa shape index (κ1) is 27.6. The van der Waals surface area contributed by atoms with E-state index in [9.17, 15) is 27.2 Å². The summed E-state index contributed by atoms with van der Waals surface area (Å²) in [5, 5.41) is 2.93. The number of halogens is 5. The lowest BCUT2D eigenvalue weighted by atomic mass is 9.80. The van der Waals surface area contributed by atoms with Gasteiger partial charge in [-0.15, -0.1) is 13.2 Å². The Kier molecular flexibility index (Phi) is 8.09. The number of anilines is 1. The maximum Gasteiger partial charge on any atom is 0.573 e. The quantitative estimate of drug-likeness (QED) is 0.426. The molecule has 1 aliphatic heterocycles. The minimum Gasteiger partial charge on any atom is -0.406 e. The van der Waals surface area contributed by atoms with Crippen LogP contribution in [0.4, 0.5) is 23.2 Å². The molecule has 36 heavy (non-hydrogen) atoms. The number of rotatable bonds is 7. The molecule has 0 bridgehead atoms. The van der Waals surface area contributed by atoms with E-state index >= 15 is 0 Å². The third-order valence-corrected chi connectivity index (χ3v) is 6.21. The van der Waals surface area contributed by atoms with Crippen LogP contribution < -0.4 is 15.0 Å². The molecule has 1 saturated heterocycles. The number of aromatic nitrogens is 2. The van der Waals surface area contributed by atoms with Gasteiger partial charge in [0.15, 0.2) is 5.54 Å². The van der Waals surface area contributed by atoms with Gasteiger partial charge in [0.2, 0.25) is 0 Å². The molecule has 13 heteroatoms. The average molecular weight is 533 g/mol. The third kappa shape index (κ3) is 6.04. The first-order valence-corrected chi connectivity index (χ1v) is 11.3. The number of nitrogens with one attached hydrogen (secondary N) is 1. The molecule has 0 spiro atoms. The molecule has 1 N–H and O–H groups in total. The Hall–Kier alpha value is -2.99. The average Bonchev–Trinajstić information content (AvgIpc) is 2.80. The van der Waals surface area contributed by atoms with Crippen molar-refractivity contribution in [2.24, 2.45) is 5.41 Å². The van der Waals surface area contributed by atoms with Crippen molar-refractivity contribution in [2.45, 2.75) is 50.8 Å². The van der Waals surface area contributed by atoms with Crippen LogP contribution in [0.25, 0.3) is 0 Å². The van der Waals surface area contributed by atoms with Crippen LogP contribution in [0.1, 0.15) is 32.8 Å². The number of amides is 2. The van der Waals surface area contributed by atoms with E-state index in [0.29, 0.717) is 19.6 Å². The minimum atomic E-state index is -4.94. The summed E-state index contributed by atoms with van der Waals surface area (Å²) >= 11 is 5.52. The zero-order chi connectivity index (χ0) is 26.7. The second kappa shape index (κ2) is 10.6. The lowest BCUT2D eigenvalue weighted by molar-refractivity contribution is -0.274. The molecular formula is C23H25ClF4N4O4. The maximum atomic E-state index is 14.2. The van der Waals surface area contributed by atoms with E-state index < -0.39 is 40.5 Å². The van der Waals surface area contributed by atoms with Gasteiger partial charge in [-0.1, -0.05) is 25.4 Å². The highest BCUT2D eigenvalue weighted by molar-refractivity contribution is 6.32. The molecule has 1 aromatic heterocycles. The molecule has 1 aromatic carbocycles. The number of benzene rings is 1. The Labute approximate surface area is 209 Å². The molecule has 3 atom stereocenters. The Bertz CT molecular complexity index is 1070. The second-order valence-electron chi connectivity index (χ2n) is 9.07. The van der Waals surface area contributed by atoms with E-state index in [4.69, 9.17) is 16.3 Å². The van der Waals surface area contributed by atoms with Gasteiger partial charge in [0, 0.05) is 41.7 Å². The molecule has 0 radical (unpaired) electrons. The number of carbonyl (C=O) groups excluding carboxylic acids is 2. The van der Waals surface area contributed by atoms with Gasteiger partial charge in [0.1, 0.15) is 12.1 Å². The van der Waals surface area contributed by atoms with Crippen molar-refractivity contribution in [1.29, 1.82) is 0 Å². The smallest absolute Gasteiger partial charge is 0.406 e. The third-order valence-electron chi connectivity index (χ3n) is 6.02. The van der Waals surface area contributed by atoms with Gasteiger partial charge in [-0.25, -0.2) is 14.4 Å². The van der Waals surface area contributed by atoms with Crippen LogP contribution >= 0.6 is 11.6 Å². The summed E-state index contributed by atoms with van der Waals surface area (Å²) in [6, 6.07) is 3.69. The second-order valence-corrected chi connectivity index (χ2v) is 9.45. The van der Waals surface area contributed by atoms with Crippen molar-refractivity contribution >= 4 is 29.1 Å². The van der Waals surface area contributed by atoms with E-state index in [1.807, 2.05) is 13.8 Å². The summed E-state index contributed by atoms with van der Waals surface area (Å²) in [6.45, 7) is 5.93. The monoisotopic (exact) mass is 532 g/mol. The number of alkyl halides is 5. The van der Waals surface area contributed by atoms with E-state index in [1.54, 1.807) is 0 Å². The van der Waals surface area contributed by atoms with Crippen LogP contribution in [0.15, 0.2) is 43.0 Å². The van der Waals surface area contributed by atoms with E-state index in [0.717, 1.165) is 29.2 Å². The van der Waals surface area contributed by atoms with Crippen LogP contribution in [-0.2, 0) is 19.9 Å². The summed E-state index contributed by atoms with van der Waals surface area (Å²) in [5.41, 5.74) is -4.95. The molecule has 2 aromatic rings. The van der Waals surface area contributed by atoms with E-state index in [2.05, 4.69) is 20.0 Å². The number of hydrogen-bond donors (Lipinski definition) is 1. The molecule has 2 amide bonds. The van der Waals surface area contributed by atoms with Gasteiger partial charge in [0.05, 0.1) is 6.61 Å². The molecule has 3 rings (SSSR count). The highest BCUT2D eigenvalue weighted by Gasteiger charge is 2.49. The van der Waals surface area contributed by atoms with Crippen molar-refractivity contribution < 1.29 is 36.6 Å². The molecule has 0 unspecified atom stereocenters. The van der Waals surface area contributed by atoms with Crippen molar-refractivity contribution in [3.63, 3.8) is 0 Å². The number of nitrogens with zero attached hydrogens (tertiary/aromatic N) is 3. The summed E-state index contributed by atoms with van der Waals surface area (Å²) in [5.74, 6) is -2.58. The number of hydrogen-bond acceptors (Lipinski definition) is 6. The van der Waals surface area contributed by atoms with Crippen LogP contribution in [0.5, 0.6) is 5.75 Å². The van der Waals surface area contributed by atoms with Gasteiger partial charge in [-0.3, -0.25) is 14.5 Å². The van der Waals surface area contributed by atoms with Crippen molar-refractivity contribution in [3.8, 4) is 5.75 Å². The SMILES string of the molecule is CC1(C)COCC[C@@H]1NC(=O)[C@](C)(c1cncnc1)N(C(=O)[C@H](F)Cl)c1ccc(OC(F)(F)F)cc1. The molecule has 8 nitrogen and oxygen atoms in total. The van der Waals surface area contributed by atoms with Crippen LogP contribution in [0.3, 0.4) is 0 Å². The standard InChI is InChI=1S/C23H25ClF4N4O4/c1-21(2)12-35-9-8-17(21)31-20(34)22(3,14-10-29-13-30-11-14)32(19(33)18(24)25)15-4-6-16(7-5-15)36-23(26,27)28/h4-7,10-11,13,17-18H,8-9,12H2,1-3H3,(H,31,34)/t17-,18-,22-/m0/s1. The Morgan fingerprint density at radius 1 is 1.22 bits per heavy atom. The zero-order valence-corrected chi connectivity index (χ0v) is 20.4. The van der Waals surface area contributed by atoms with Gasteiger partial charge >= 0.3 is 6.36 Å². The minimum absolute atomic E-state index is 0.106. The van der Waals surface area contributed by atoms with E-state index in [1.165, 1.54) is 25.6 Å². The van der Waals surface area contributed by atoms with E-state index in [-0.39, 0.29) is 17.3 Å². The fraction of sp³-hybridized carbons (Fsp3) is 0.478. The largest absolute Gasteiger partial charge is 0.573 e. The normalized spacial score (nSPS) is 20.1. The highest BCUT2D eigenvalue weighted by atomic mass is 35.5. The Morgan fingerprint density at radius 3 is 2.36 bits per heavy atom. The molecule has 0 aliphatic carbocycles. The number of carbonyl (C=O) groups is 2. The molecule has 196 valence electrons. The molecule has 1 aliphatic rings. The molecule has 1 fully saturated rings. The first-order valence-electron chi connectivity index (χ1n) is 10.9. The summed E-state index contributed by atoms with van der Waals surface area (Å²) < 4.78 is 61.4.